The Kier molecular flexibility index (Phi) is 4.88. The summed E-state index contributed by atoms with van der Waals surface area (Å²) in [6.07, 6.45) is 6.50. The van der Waals surface area contributed by atoms with Crippen molar-refractivity contribution >= 4 is 5.97 Å². The quantitative estimate of drug-likeness (QED) is 0.849. The number of carbonyl (C=O) groups is 1. The number of carboxylic acids is 1. The normalized spacial score (nSPS) is 36.8. The van der Waals surface area contributed by atoms with E-state index in [1.807, 2.05) is 0 Å². The third-order valence-corrected chi connectivity index (χ3v) is 5.25. The van der Waals surface area contributed by atoms with Gasteiger partial charge in [-0.2, -0.15) is 0 Å². The number of hydrogen-bond donors (Lipinski definition) is 1. The Hall–Kier alpha value is -0.570. The molecule has 4 unspecified atom stereocenters. The zero-order chi connectivity index (χ0) is 14.0. The summed E-state index contributed by atoms with van der Waals surface area (Å²) >= 11 is 0. The van der Waals surface area contributed by atoms with Crippen LogP contribution in [0.3, 0.4) is 0 Å². The van der Waals surface area contributed by atoms with E-state index in [-0.39, 0.29) is 6.04 Å². The molecule has 0 aromatic rings. The molecule has 110 valence electrons. The zero-order valence-electron chi connectivity index (χ0n) is 12.6. The van der Waals surface area contributed by atoms with E-state index in [2.05, 4.69) is 25.7 Å². The zero-order valence-corrected chi connectivity index (χ0v) is 12.6. The first-order chi connectivity index (χ1) is 8.99. The van der Waals surface area contributed by atoms with Gasteiger partial charge in [0, 0.05) is 12.1 Å². The van der Waals surface area contributed by atoms with Gasteiger partial charge in [0.05, 0.1) is 6.42 Å². The van der Waals surface area contributed by atoms with Crippen LogP contribution in [0, 0.1) is 17.8 Å². The highest BCUT2D eigenvalue weighted by atomic mass is 16.4. The summed E-state index contributed by atoms with van der Waals surface area (Å²) in [5.74, 6) is 1.63. The Morgan fingerprint density at radius 1 is 1.32 bits per heavy atom. The molecule has 0 spiro atoms. The molecular formula is C16H29NO2. The van der Waals surface area contributed by atoms with Gasteiger partial charge in [0.25, 0.3) is 0 Å². The SMILES string of the molecule is CC1CCC(C(C)C)C(N2CCCC2CC(=O)O)C1. The van der Waals surface area contributed by atoms with E-state index in [1.165, 1.54) is 25.7 Å². The molecule has 3 heteroatoms. The van der Waals surface area contributed by atoms with Crippen LogP contribution in [0.1, 0.15) is 59.3 Å². The second-order valence-corrected chi connectivity index (χ2v) is 7.03. The molecule has 1 aliphatic heterocycles. The fraction of sp³-hybridized carbons (Fsp3) is 0.938. The first-order valence-corrected chi connectivity index (χ1v) is 7.96. The molecule has 1 saturated heterocycles. The summed E-state index contributed by atoms with van der Waals surface area (Å²) in [6.45, 7) is 8.12. The molecule has 0 aromatic heterocycles. The third-order valence-electron chi connectivity index (χ3n) is 5.25. The highest BCUT2D eigenvalue weighted by Gasteiger charge is 2.39. The highest BCUT2D eigenvalue weighted by molar-refractivity contribution is 5.67. The predicted molar refractivity (Wildman–Crippen MR) is 77.1 cm³/mol. The minimum absolute atomic E-state index is 0.286. The minimum Gasteiger partial charge on any atom is -0.481 e. The Bertz CT molecular complexity index is 316. The van der Waals surface area contributed by atoms with Crippen molar-refractivity contribution in [1.29, 1.82) is 0 Å². The monoisotopic (exact) mass is 267 g/mol. The molecule has 1 aliphatic carbocycles. The van der Waals surface area contributed by atoms with Crippen molar-refractivity contribution in [3.05, 3.63) is 0 Å². The van der Waals surface area contributed by atoms with E-state index in [0.29, 0.717) is 18.4 Å². The first kappa shape index (κ1) is 14.8. The summed E-state index contributed by atoms with van der Waals surface area (Å²) in [4.78, 5) is 13.6. The molecular weight excluding hydrogens is 238 g/mol. The van der Waals surface area contributed by atoms with Gasteiger partial charge in [-0.25, -0.2) is 0 Å². The predicted octanol–water partition coefficient (Wildman–Crippen LogP) is 3.39. The van der Waals surface area contributed by atoms with Crippen molar-refractivity contribution in [1.82, 2.24) is 4.90 Å². The smallest absolute Gasteiger partial charge is 0.304 e. The molecule has 1 heterocycles. The number of hydrogen-bond acceptors (Lipinski definition) is 2. The van der Waals surface area contributed by atoms with E-state index in [9.17, 15) is 4.79 Å². The summed E-state index contributed by atoms with van der Waals surface area (Å²) < 4.78 is 0. The molecule has 0 radical (unpaired) electrons. The van der Waals surface area contributed by atoms with E-state index < -0.39 is 5.97 Å². The maximum atomic E-state index is 11.0. The summed E-state index contributed by atoms with van der Waals surface area (Å²) in [5, 5.41) is 9.09. The summed E-state index contributed by atoms with van der Waals surface area (Å²) in [6, 6.07) is 0.907. The molecule has 2 aliphatic rings. The fourth-order valence-electron chi connectivity index (χ4n) is 4.25. The lowest BCUT2D eigenvalue weighted by Gasteiger charge is -2.44. The maximum Gasteiger partial charge on any atom is 0.304 e. The van der Waals surface area contributed by atoms with Crippen molar-refractivity contribution in [2.75, 3.05) is 6.54 Å². The Morgan fingerprint density at radius 2 is 2.05 bits per heavy atom. The largest absolute Gasteiger partial charge is 0.481 e. The lowest BCUT2D eigenvalue weighted by Crippen LogP contribution is -2.48. The summed E-state index contributed by atoms with van der Waals surface area (Å²) in [5.41, 5.74) is 0. The molecule has 2 rings (SSSR count). The van der Waals surface area contributed by atoms with Crippen LogP contribution in [0.2, 0.25) is 0 Å². The maximum absolute atomic E-state index is 11.0. The standard InChI is InChI=1S/C16H29NO2/c1-11(2)14-7-6-12(3)9-15(14)17-8-4-5-13(17)10-16(18)19/h11-15H,4-10H2,1-3H3,(H,18,19). The van der Waals surface area contributed by atoms with Crippen LogP contribution < -0.4 is 0 Å². The Balaban J connectivity index is 2.09. The highest BCUT2D eigenvalue weighted by Crippen LogP contribution is 2.39. The van der Waals surface area contributed by atoms with Gasteiger partial charge in [-0.05, 0) is 50.0 Å². The molecule has 2 fully saturated rings. The van der Waals surface area contributed by atoms with Crippen LogP contribution in [0.25, 0.3) is 0 Å². The van der Waals surface area contributed by atoms with Gasteiger partial charge >= 0.3 is 5.97 Å². The minimum atomic E-state index is -0.637. The lowest BCUT2D eigenvalue weighted by molar-refractivity contribution is -0.138. The number of rotatable bonds is 4. The van der Waals surface area contributed by atoms with Gasteiger partial charge in [0.1, 0.15) is 0 Å². The van der Waals surface area contributed by atoms with Gasteiger partial charge in [-0.3, -0.25) is 9.69 Å². The van der Waals surface area contributed by atoms with Crippen molar-refractivity contribution in [3.8, 4) is 0 Å². The van der Waals surface area contributed by atoms with Crippen molar-refractivity contribution in [3.63, 3.8) is 0 Å². The Morgan fingerprint density at radius 3 is 2.68 bits per heavy atom. The van der Waals surface area contributed by atoms with Crippen molar-refractivity contribution < 1.29 is 9.90 Å². The van der Waals surface area contributed by atoms with Crippen LogP contribution in [-0.4, -0.2) is 34.6 Å². The molecule has 1 saturated carbocycles. The van der Waals surface area contributed by atoms with Crippen molar-refractivity contribution in [2.24, 2.45) is 17.8 Å². The Labute approximate surface area is 117 Å². The van der Waals surface area contributed by atoms with E-state index in [0.717, 1.165) is 24.8 Å². The van der Waals surface area contributed by atoms with Gasteiger partial charge in [-0.15, -0.1) is 0 Å². The van der Waals surface area contributed by atoms with E-state index in [4.69, 9.17) is 5.11 Å². The molecule has 0 amide bonds. The average molecular weight is 267 g/mol. The second-order valence-electron chi connectivity index (χ2n) is 7.03. The number of aliphatic carboxylic acids is 1. The lowest BCUT2D eigenvalue weighted by atomic mass is 9.73. The van der Waals surface area contributed by atoms with Crippen LogP contribution in [0.5, 0.6) is 0 Å². The third kappa shape index (κ3) is 3.50. The molecule has 19 heavy (non-hydrogen) atoms. The first-order valence-electron chi connectivity index (χ1n) is 7.96. The van der Waals surface area contributed by atoms with Crippen molar-refractivity contribution in [2.45, 2.75) is 71.4 Å². The molecule has 4 atom stereocenters. The van der Waals surface area contributed by atoms with Gasteiger partial charge in [0.15, 0.2) is 0 Å². The van der Waals surface area contributed by atoms with Gasteiger partial charge < -0.3 is 5.11 Å². The molecule has 1 N–H and O–H groups in total. The molecule has 0 aromatic carbocycles. The number of carboxylic acid groups (broad SMARTS) is 1. The second kappa shape index (κ2) is 6.25. The van der Waals surface area contributed by atoms with Gasteiger partial charge in [-0.1, -0.05) is 27.2 Å². The number of likely N-dealkylation sites (tertiary alicyclic amines) is 1. The molecule has 0 bridgehead atoms. The number of nitrogens with zero attached hydrogens (tertiary/aromatic N) is 1. The topological polar surface area (TPSA) is 40.5 Å². The van der Waals surface area contributed by atoms with Crippen LogP contribution >= 0.6 is 0 Å². The van der Waals surface area contributed by atoms with Crippen LogP contribution in [0.15, 0.2) is 0 Å². The molecule has 3 nitrogen and oxygen atoms in total. The van der Waals surface area contributed by atoms with E-state index in [1.54, 1.807) is 0 Å². The van der Waals surface area contributed by atoms with Crippen LogP contribution in [0.4, 0.5) is 0 Å². The fourth-order valence-corrected chi connectivity index (χ4v) is 4.25. The van der Waals surface area contributed by atoms with Gasteiger partial charge in [0.2, 0.25) is 0 Å². The summed E-state index contributed by atoms with van der Waals surface area (Å²) in [7, 11) is 0. The average Bonchev–Trinajstić information content (AvgIpc) is 2.75. The van der Waals surface area contributed by atoms with E-state index >= 15 is 0 Å². The van der Waals surface area contributed by atoms with Crippen LogP contribution in [-0.2, 0) is 4.79 Å².